The van der Waals surface area contributed by atoms with Crippen molar-refractivity contribution < 1.29 is 4.79 Å². The maximum Gasteiger partial charge on any atom is 0.237 e. The topological polar surface area (TPSA) is 104 Å². The van der Waals surface area contributed by atoms with E-state index < -0.39 is 11.4 Å². The summed E-state index contributed by atoms with van der Waals surface area (Å²) in [5.41, 5.74) is 12.6. The maximum atomic E-state index is 11.2. The fourth-order valence-corrected chi connectivity index (χ4v) is 1.12. The van der Waals surface area contributed by atoms with Crippen molar-refractivity contribution in [3.63, 3.8) is 0 Å². The molecule has 1 unspecified atom stereocenters. The van der Waals surface area contributed by atoms with Gasteiger partial charge in [0.25, 0.3) is 0 Å². The summed E-state index contributed by atoms with van der Waals surface area (Å²) in [6.07, 6.45) is 3.02. The third-order valence-corrected chi connectivity index (χ3v) is 2.18. The number of rotatable bonds is 8. The highest BCUT2D eigenvalue weighted by molar-refractivity contribution is 5.84. The normalized spacial score (nSPS) is 13.7. The molecule has 0 rings (SSSR count). The molecule has 0 aliphatic heterocycles. The first-order valence-electron chi connectivity index (χ1n) is 4.73. The molecular weight excluding hydrogens is 194 g/mol. The largest absolute Gasteiger partial charge is 0.368 e. The molecule has 0 saturated carbocycles. The van der Waals surface area contributed by atoms with Gasteiger partial charge in [0.1, 0.15) is 0 Å². The lowest BCUT2D eigenvalue weighted by Gasteiger charge is -2.26. The number of azide groups is 1. The number of carbonyl (C=O) groups excluding carboxylic acids is 1. The van der Waals surface area contributed by atoms with Crippen LogP contribution < -0.4 is 11.1 Å². The lowest BCUT2D eigenvalue weighted by atomic mass is 9.95. The minimum atomic E-state index is -0.765. The number of nitrogens with one attached hydrogen (secondary N) is 1. The molecule has 15 heavy (non-hydrogen) atoms. The number of carbonyl (C=O) groups is 1. The van der Waals surface area contributed by atoms with Crippen molar-refractivity contribution in [2.45, 2.75) is 25.3 Å². The van der Waals surface area contributed by atoms with Crippen LogP contribution in [0.4, 0.5) is 0 Å². The van der Waals surface area contributed by atoms with Crippen LogP contribution in [0.3, 0.4) is 0 Å². The van der Waals surface area contributed by atoms with Gasteiger partial charge in [0.15, 0.2) is 0 Å². The Balaban J connectivity index is 4.18. The highest BCUT2D eigenvalue weighted by Crippen LogP contribution is 2.11. The molecule has 0 fully saturated rings. The van der Waals surface area contributed by atoms with Gasteiger partial charge in [0, 0.05) is 18.0 Å². The van der Waals surface area contributed by atoms with Gasteiger partial charge in [0.05, 0.1) is 5.54 Å². The first-order valence-corrected chi connectivity index (χ1v) is 4.73. The Morgan fingerprint density at radius 3 is 2.93 bits per heavy atom. The van der Waals surface area contributed by atoms with E-state index in [-0.39, 0.29) is 0 Å². The van der Waals surface area contributed by atoms with E-state index >= 15 is 0 Å². The van der Waals surface area contributed by atoms with Crippen molar-refractivity contribution in [3.05, 3.63) is 23.1 Å². The van der Waals surface area contributed by atoms with E-state index in [1.54, 1.807) is 13.0 Å². The Morgan fingerprint density at radius 1 is 1.80 bits per heavy atom. The third kappa shape index (κ3) is 5.05. The van der Waals surface area contributed by atoms with E-state index in [1.165, 1.54) is 0 Å². The molecule has 1 amide bonds. The van der Waals surface area contributed by atoms with Gasteiger partial charge in [-0.2, -0.15) is 0 Å². The second kappa shape index (κ2) is 6.86. The summed E-state index contributed by atoms with van der Waals surface area (Å²) in [6.45, 7) is 6.05. The number of allylic oxidation sites excluding steroid dienone is 1. The number of hydrogen-bond acceptors (Lipinski definition) is 3. The van der Waals surface area contributed by atoms with E-state index in [9.17, 15) is 4.79 Å². The molecule has 0 heterocycles. The molecule has 1 atom stereocenters. The van der Waals surface area contributed by atoms with Crippen molar-refractivity contribution in [2.24, 2.45) is 10.8 Å². The van der Waals surface area contributed by atoms with Gasteiger partial charge >= 0.3 is 0 Å². The first kappa shape index (κ1) is 13.5. The number of hydrogen-bond donors (Lipinski definition) is 2. The summed E-state index contributed by atoms with van der Waals surface area (Å²) in [5.74, 6) is -0.412. The van der Waals surface area contributed by atoms with Crippen LogP contribution in [-0.4, -0.2) is 24.5 Å². The molecular formula is C9H17N5O. The Morgan fingerprint density at radius 2 is 2.47 bits per heavy atom. The predicted molar refractivity (Wildman–Crippen MR) is 59.0 cm³/mol. The smallest absolute Gasteiger partial charge is 0.237 e. The van der Waals surface area contributed by atoms with E-state index in [0.29, 0.717) is 25.9 Å². The Kier molecular flexibility index (Phi) is 6.17. The molecule has 0 aromatic carbocycles. The predicted octanol–water partition coefficient (Wildman–Crippen LogP) is 1.10. The van der Waals surface area contributed by atoms with Crippen LogP contribution in [0.1, 0.15) is 19.8 Å². The summed E-state index contributed by atoms with van der Waals surface area (Å²) in [4.78, 5) is 13.8. The van der Waals surface area contributed by atoms with Crippen molar-refractivity contribution in [1.29, 1.82) is 0 Å². The average Bonchev–Trinajstić information content (AvgIpc) is 2.21. The van der Waals surface area contributed by atoms with Crippen molar-refractivity contribution >= 4 is 5.91 Å². The van der Waals surface area contributed by atoms with Gasteiger partial charge in [-0.3, -0.25) is 4.79 Å². The molecule has 6 heteroatoms. The summed E-state index contributed by atoms with van der Waals surface area (Å²) in [6, 6.07) is 0. The van der Waals surface area contributed by atoms with Crippen LogP contribution >= 0.6 is 0 Å². The zero-order valence-corrected chi connectivity index (χ0v) is 8.94. The van der Waals surface area contributed by atoms with Crippen molar-refractivity contribution in [1.82, 2.24) is 5.32 Å². The number of primary amides is 1. The zero-order chi connectivity index (χ0) is 11.7. The lowest BCUT2D eigenvalue weighted by molar-refractivity contribution is -0.124. The summed E-state index contributed by atoms with van der Waals surface area (Å²) < 4.78 is 0. The van der Waals surface area contributed by atoms with Gasteiger partial charge in [-0.25, -0.2) is 0 Å². The van der Waals surface area contributed by atoms with Crippen LogP contribution in [0, 0.1) is 0 Å². The highest BCUT2D eigenvalue weighted by atomic mass is 16.1. The van der Waals surface area contributed by atoms with Crippen LogP contribution in [0.15, 0.2) is 17.8 Å². The van der Waals surface area contributed by atoms with Crippen LogP contribution in [0.2, 0.25) is 0 Å². The van der Waals surface area contributed by atoms with E-state index in [2.05, 4.69) is 21.9 Å². The molecule has 84 valence electrons. The van der Waals surface area contributed by atoms with Gasteiger partial charge < -0.3 is 11.1 Å². The van der Waals surface area contributed by atoms with Crippen molar-refractivity contribution in [3.8, 4) is 0 Å². The average molecular weight is 211 g/mol. The number of nitrogens with two attached hydrogens (primary N) is 1. The molecule has 0 spiro atoms. The molecule has 3 N–H and O–H groups in total. The molecule has 0 radical (unpaired) electrons. The Bertz CT molecular complexity index is 272. The standard InChI is InChI=1S/C9H17N5O/c1-3-4-5-9(2,8(10)15)12-6-7-13-14-11/h3,12H,1,4-7H2,2H3,(H2,10,15). The zero-order valence-electron chi connectivity index (χ0n) is 8.94. The fourth-order valence-electron chi connectivity index (χ4n) is 1.12. The van der Waals surface area contributed by atoms with Crippen LogP contribution in [0.5, 0.6) is 0 Å². The third-order valence-electron chi connectivity index (χ3n) is 2.18. The monoisotopic (exact) mass is 211 g/mol. The summed E-state index contributed by atoms with van der Waals surface area (Å²) in [5, 5.41) is 6.34. The molecule has 6 nitrogen and oxygen atoms in total. The number of amides is 1. The van der Waals surface area contributed by atoms with Gasteiger partial charge in [-0.05, 0) is 25.3 Å². The second-order valence-electron chi connectivity index (χ2n) is 3.40. The highest BCUT2D eigenvalue weighted by Gasteiger charge is 2.28. The van der Waals surface area contributed by atoms with Crippen molar-refractivity contribution in [2.75, 3.05) is 13.1 Å². The number of nitrogens with zero attached hydrogens (tertiary/aromatic N) is 3. The van der Waals surface area contributed by atoms with Crippen LogP contribution in [-0.2, 0) is 4.79 Å². The van der Waals surface area contributed by atoms with Gasteiger partial charge in [0.2, 0.25) is 5.91 Å². The molecule has 0 aromatic rings. The molecule has 0 bridgehead atoms. The SMILES string of the molecule is C=CCCC(C)(NCCN=[N+]=[N-])C(N)=O. The van der Waals surface area contributed by atoms with E-state index in [0.717, 1.165) is 0 Å². The summed E-state index contributed by atoms with van der Waals surface area (Å²) in [7, 11) is 0. The second-order valence-corrected chi connectivity index (χ2v) is 3.40. The molecule has 0 aliphatic carbocycles. The van der Waals surface area contributed by atoms with Gasteiger partial charge in [-0.1, -0.05) is 11.2 Å². The maximum absolute atomic E-state index is 11.2. The summed E-state index contributed by atoms with van der Waals surface area (Å²) >= 11 is 0. The molecule has 0 saturated heterocycles. The van der Waals surface area contributed by atoms with E-state index in [1.807, 2.05) is 0 Å². The molecule has 0 aliphatic rings. The minimum absolute atomic E-state index is 0.299. The van der Waals surface area contributed by atoms with Crippen LogP contribution in [0.25, 0.3) is 10.4 Å². The minimum Gasteiger partial charge on any atom is -0.368 e. The molecule has 0 aromatic heterocycles. The van der Waals surface area contributed by atoms with Gasteiger partial charge in [-0.15, -0.1) is 6.58 Å². The lowest BCUT2D eigenvalue weighted by Crippen LogP contribution is -2.53. The first-order chi connectivity index (χ1) is 7.06. The fraction of sp³-hybridized carbons (Fsp3) is 0.667. The Hall–Kier alpha value is -1.52. The Labute approximate surface area is 89.2 Å². The van der Waals surface area contributed by atoms with E-state index in [4.69, 9.17) is 11.3 Å². The quantitative estimate of drug-likeness (QED) is 0.206.